The highest BCUT2D eigenvalue weighted by atomic mass is 32.2. The molecular formula is C8H14N2O4S2. The summed E-state index contributed by atoms with van der Waals surface area (Å²) in [6.45, 7) is 2.11. The fraction of sp³-hybridized carbons (Fsp3) is 0.750. The maximum absolute atomic E-state index is 11.8. The van der Waals surface area contributed by atoms with Crippen molar-refractivity contribution in [2.75, 3.05) is 18.1 Å². The minimum atomic E-state index is -3.39. The highest BCUT2D eigenvalue weighted by molar-refractivity contribution is 8.04. The first-order valence-electron chi connectivity index (χ1n) is 4.96. The number of hydrogen-bond donors (Lipinski definition) is 0. The van der Waals surface area contributed by atoms with Crippen LogP contribution in [0.1, 0.15) is 19.8 Å². The van der Waals surface area contributed by atoms with Crippen LogP contribution in [0.3, 0.4) is 0 Å². The van der Waals surface area contributed by atoms with Crippen molar-refractivity contribution in [3.8, 4) is 0 Å². The average molecular weight is 266 g/mol. The third-order valence-corrected chi connectivity index (χ3v) is 5.22. The molecule has 0 aliphatic carbocycles. The van der Waals surface area contributed by atoms with Crippen molar-refractivity contribution in [2.24, 2.45) is 0 Å². The Bertz CT molecular complexity index is 391. The zero-order valence-electron chi connectivity index (χ0n) is 8.96. The van der Waals surface area contributed by atoms with Crippen molar-refractivity contribution in [3.63, 3.8) is 0 Å². The molecule has 0 atom stereocenters. The molecule has 6 nitrogen and oxygen atoms in total. The van der Waals surface area contributed by atoms with E-state index >= 15 is 0 Å². The summed E-state index contributed by atoms with van der Waals surface area (Å²) < 4.78 is 24.8. The van der Waals surface area contributed by atoms with Gasteiger partial charge < -0.3 is 0 Å². The van der Waals surface area contributed by atoms with E-state index in [4.69, 9.17) is 0 Å². The van der Waals surface area contributed by atoms with E-state index in [9.17, 15) is 18.5 Å². The summed E-state index contributed by atoms with van der Waals surface area (Å²) in [5.74, 6) is 0.750. The molecular weight excluding hydrogens is 252 g/mol. The van der Waals surface area contributed by atoms with Crippen LogP contribution in [0.15, 0.2) is 11.2 Å². The molecule has 0 spiro atoms. The maximum atomic E-state index is 11.8. The summed E-state index contributed by atoms with van der Waals surface area (Å²) in [6.07, 6.45) is 2.01. The van der Waals surface area contributed by atoms with Crippen LogP contribution in [0.4, 0.5) is 0 Å². The van der Waals surface area contributed by atoms with Gasteiger partial charge >= 0.3 is 0 Å². The zero-order chi connectivity index (χ0) is 12.2. The predicted octanol–water partition coefficient (Wildman–Crippen LogP) is 1.24. The Morgan fingerprint density at radius 2 is 2.31 bits per heavy atom. The normalized spacial score (nSPS) is 20.1. The lowest BCUT2D eigenvalue weighted by Crippen LogP contribution is -2.35. The van der Waals surface area contributed by atoms with Gasteiger partial charge in [-0.05, 0) is 12.8 Å². The Morgan fingerprint density at radius 1 is 1.62 bits per heavy atom. The molecule has 1 fully saturated rings. The average Bonchev–Trinajstić information content (AvgIpc) is 2.17. The van der Waals surface area contributed by atoms with Crippen molar-refractivity contribution >= 4 is 21.8 Å². The summed E-state index contributed by atoms with van der Waals surface area (Å²) in [7, 11) is -3.39. The summed E-state index contributed by atoms with van der Waals surface area (Å²) in [4.78, 5) is 9.78. The molecule has 0 aromatic rings. The molecule has 0 aromatic heterocycles. The molecule has 1 aliphatic heterocycles. The third-order valence-electron chi connectivity index (χ3n) is 2.02. The number of hydrogen-bond acceptors (Lipinski definition) is 5. The van der Waals surface area contributed by atoms with Crippen LogP contribution < -0.4 is 0 Å². The van der Waals surface area contributed by atoms with Gasteiger partial charge in [-0.1, -0.05) is 6.92 Å². The second-order valence-electron chi connectivity index (χ2n) is 3.34. The van der Waals surface area contributed by atoms with Crippen molar-refractivity contribution in [3.05, 3.63) is 21.3 Å². The lowest BCUT2D eigenvalue weighted by molar-refractivity contribution is -0.403. The van der Waals surface area contributed by atoms with Crippen molar-refractivity contribution in [1.82, 2.24) is 4.31 Å². The number of nitro groups is 1. The molecule has 92 valence electrons. The number of sulfonamides is 1. The minimum Gasteiger partial charge on any atom is -0.259 e. The van der Waals surface area contributed by atoms with Gasteiger partial charge in [-0.3, -0.25) is 14.4 Å². The first-order chi connectivity index (χ1) is 7.47. The standard InChI is InChI=1S/C8H14N2O4S2/c1-2-6-16(13,14)9-4-3-5-15-8(9)7-10(11)12/h7H,2-6H2,1H3. The Hall–Kier alpha value is -0.760. The highest BCUT2D eigenvalue weighted by Gasteiger charge is 2.28. The summed E-state index contributed by atoms with van der Waals surface area (Å²) in [5.41, 5.74) is 0. The molecule has 0 N–H and O–H groups in total. The molecule has 0 aromatic carbocycles. The Balaban J connectivity index is 2.95. The lowest BCUT2D eigenvalue weighted by Gasteiger charge is -2.28. The van der Waals surface area contributed by atoms with E-state index in [0.717, 1.165) is 22.7 Å². The molecule has 0 unspecified atom stereocenters. The summed E-state index contributed by atoms with van der Waals surface area (Å²) in [5, 5.41) is 10.6. The number of rotatable bonds is 4. The zero-order valence-corrected chi connectivity index (χ0v) is 10.6. The van der Waals surface area contributed by atoms with Crippen LogP contribution in [0.2, 0.25) is 0 Å². The monoisotopic (exact) mass is 266 g/mol. The third kappa shape index (κ3) is 3.38. The van der Waals surface area contributed by atoms with Gasteiger partial charge in [0.1, 0.15) is 0 Å². The summed E-state index contributed by atoms with van der Waals surface area (Å²) in [6, 6.07) is 0. The van der Waals surface area contributed by atoms with E-state index in [1.165, 1.54) is 11.8 Å². The van der Waals surface area contributed by atoms with Gasteiger partial charge in [-0.2, -0.15) is 0 Å². The van der Waals surface area contributed by atoms with E-state index in [2.05, 4.69) is 0 Å². The quantitative estimate of drug-likeness (QED) is 0.565. The van der Waals surface area contributed by atoms with E-state index in [1.54, 1.807) is 6.92 Å². The molecule has 1 aliphatic rings. The van der Waals surface area contributed by atoms with Crippen LogP contribution in [-0.2, 0) is 10.0 Å². The van der Waals surface area contributed by atoms with E-state index in [-0.39, 0.29) is 10.8 Å². The highest BCUT2D eigenvalue weighted by Crippen LogP contribution is 2.29. The van der Waals surface area contributed by atoms with Gasteiger partial charge in [0.2, 0.25) is 10.0 Å². The van der Waals surface area contributed by atoms with E-state index in [0.29, 0.717) is 13.0 Å². The maximum Gasteiger partial charge on any atom is 0.265 e. The van der Waals surface area contributed by atoms with Gasteiger partial charge in [0.15, 0.2) is 5.03 Å². The largest absolute Gasteiger partial charge is 0.265 e. The fourth-order valence-corrected chi connectivity index (χ4v) is 4.25. The second-order valence-corrected chi connectivity index (χ2v) is 6.47. The van der Waals surface area contributed by atoms with Crippen molar-refractivity contribution < 1.29 is 13.3 Å². The Labute approximate surface area is 98.9 Å². The molecule has 0 radical (unpaired) electrons. The van der Waals surface area contributed by atoms with Gasteiger partial charge in [0.05, 0.1) is 10.7 Å². The first-order valence-corrected chi connectivity index (χ1v) is 7.55. The smallest absolute Gasteiger partial charge is 0.259 e. The number of nitrogens with zero attached hydrogens (tertiary/aromatic N) is 2. The Morgan fingerprint density at radius 3 is 2.88 bits per heavy atom. The van der Waals surface area contributed by atoms with Crippen molar-refractivity contribution in [1.29, 1.82) is 0 Å². The van der Waals surface area contributed by atoms with Gasteiger partial charge in [-0.15, -0.1) is 11.8 Å². The fourth-order valence-electron chi connectivity index (χ4n) is 1.40. The Kier molecular flexibility index (Phi) is 4.60. The number of thioether (sulfide) groups is 1. The lowest BCUT2D eigenvalue weighted by atomic mass is 10.5. The molecule has 1 saturated heterocycles. The topological polar surface area (TPSA) is 80.5 Å². The van der Waals surface area contributed by atoms with Crippen LogP contribution in [0.5, 0.6) is 0 Å². The van der Waals surface area contributed by atoms with Gasteiger partial charge in [0, 0.05) is 12.3 Å². The van der Waals surface area contributed by atoms with Crippen LogP contribution in [-0.4, -0.2) is 35.7 Å². The minimum absolute atomic E-state index is 0.0304. The van der Waals surface area contributed by atoms with Crippen LogP contribution in [0.25, 0.3) is 0 Å². The van der Waals surface area contributed by atoms with Gasteiger partial charge in [0.25, 0.3) is 6.20 Å². The van der Waals surface area contributed by atoms with E-state index in [1.807, 2.05) is 0 Å². The summed E-state index contributed by atoms with van der Waals surface area (Å²) >= 11 is 1.22. The predicted molar refractivity (Wildman–Crippen MR) is 62.9 cm³/mol. The second kappa shape index (κ2) is 5.53. The SMILES string of the molecule is CCCS(=O)(=O)N1CCCSC1=C[N+](=O)[O-]. The molecule has 16 heavy (non-hydrogen) atoms. The molecule has 0 saturated carbocycles. The van der Waals surface area contributed by atoms with Crippen LogP contribution >= 0.6 is 11.8 Å². The molecule has 1 heterocycles. The molecule has 1 rings (SSSR count). The first kappa shape index (κ1) is 13.3. The molecule has 8 heteroatoms. The molecule has 0 bridgehead atoms. The van der Waals surface area contributed by atoms with Crippen LogP contribution in [0, 0.1) is 10.1 Å². The van der Waals surface area contributed by atoms with E-state index < -0.39 is 14.9 Å². The van der Waals surface area contributed by atoms with Crippen molar-refractivity contribution in [2.45, 2.75) is 19.8 Å². The molecule has 0 amide bonds. The van der Waals surface area contributed by atoms with Gasteiger partial charge in [-0.25, -0.2) is 8.42 Å².